The van der Waals surface area contributed by atoms with Crippen LogP contribution in [0.4, 0.5) is 11.4 Å². The molecule has 1 amide bonds. The minimum atomic E-state index is -3.76. The lowest BCUT2D eigenvalue weighted by Gasteiger charge is -2.08. The Bertz CT molecular complexity index is 765. The second-order valence-electron chi connectivity index (χ2n) is 4.29. The van der Waals surface area contributed by atoms with Gasteiger partial charge in [0.25, 0.3) is 5.91 Å². The number of anilines is 2. The van der Waals surface area contributed by atoms with Gasteiger partial charge in [0, 0.05) is 12.2 Å². The molecule has 5 N–H and O–H groups in total. The molecule has 1 heterocycles. The van der Waals surface area contributed by atoms with E-state index in [0.717, 1.165) is 0 Å². The van der Waals surface area contributed by atoms with Gasteiger partial charge in [0.15, 0.2) is 0 Å². The largest absolute Gasteiger partial charge is 0.396 e. The maximum absolute atomic E-state index is 12.2. The lowest BCUT2D eigenvalue weighted by atomic mass is 10.3. The molecule has 0 aliphatic rings. The molecule has 2 aromatic rings. The molecule has 0 bridgehead atoms. The third-order valence-electron chi connectivity index (χ3n) is 2.82. The van der Waals surface area contributed by atoms with Crippen molar-refractivity contribution in [2.45, 2.75) is 18.4 Å². The van der Waals surface area contributed by atoms with E-state index in [-0.39, 0.29) is 16.3 Å². The normalized spacial score (nSPS) is 11.3. The molecule has 21 heavy (non-hydrogen) atoms. The molecule has 1 aromatic heterocycles. The number of carbonyl (C=O) groups excluding carboxylic acids is 1. The molecule has 0 fully saturated rings. The Kier molecular flexibility index (Phi) is 3.96. The van der Waals surface area contributed by atoms with E-state index in [1.807, 2.05) is 6.92 Å². The average Bonchev–Trinajstić information content (AvgIpc) is 2.79. The summed E-state index contributed by atoms with van der Waals surface area (Å²) in [6.45, 7) is 2.34. The second-order valence-corrected chi connectivity index (χ2v) is 5.85. The fraction of sp³-hybridized carbons (Fsp3) is 0.167. The number of nitrogens with zero attached hydrogens (tertiary/aromatic N) is 2. The molecule has 112 valence electrons. The summed E-state index contributed by atoms with van der Waals surface area (Å²) < 4.78 is 23.8. The highest BCUT2D eigenvalue weighted by Crippen LogP contribution is 2.16. The van der Waals surface area contributed by atoms with E-state index in [4.69, 9.17) is 10.9 Å². The standard InChI is InChI=1S/C12H15N5O3S/c1-2-17-11(10(13)7-15-17)12(18)16-8-3-5-9(6-4-8)21(14,19)20/h3-7H,2,13H2,1H3,(H,16,18)(H2,14,19,20). The number of sulfonamides is 1. The summed E-state index contributed by atoms with van der Waals surface area (Å²) in [5.74, 6) is -0.421. The molecular formula is C12H15N5O3S. The molecule has 0 aliphatic heterocycles. The Morgan fingerprint density at radius 3 is 2.48 bits per heavy atom. The first-order chi connectivity index (χ1) is 9.82. The molecule has 2 rings (SSSR count). The van der Waals surface area contributed by atoms with Crippen molar-refractivity contribution in [3.8, 4) is 0 Å². The maximum atomic E-state index is 12.2. The number of rotatable bonds is 4. The van der Waals surface area contributed by atoms with Crippen LogP contribution in [0.1, 0.15) is 17.4 Å². The third-order valence-corrected chi connectivity index (χ3v) is 3.75. The fourth-order valence-electron chi connectivity index (χ4n) is 1.81. The summed E-state index contributed by atoms with van der Waals surface area (Å²) >= 11 is 0. The highest BCUT2D eigenvalue weighted by Gasteiger charge is 2.16. The number of hydrogen-bond donors (Lipinski definition) is 3. The first-order valence-electron chi connectivity index (χ1n) is 6.08. The van der Waals surface area contributed by atoms with Crippen molar-refractivity contribution >= 4 is 27.3 Å². The zero-order valence-corrected chi connectivity index (χ0v) is 12.1. The maximum Gasteiger partial charge on any atom is 0.276 e. The number of aryl methyl sites for hydroxylation is 1. The van der Waals surface area contributed by atoms with Gasteiger partial charge in [-0.15, -0.1) is 0 Å². The Hall–Kier alpha value is -2.39. The minimum absolute atomic E-state index is 0.0291. The quantitative estimate of drug-likeness (QED) is 0.751. The molecule has 0 spiro atoms. The molecule has 1 aromatic carbocycles. The molecule has 0 radical (unpaired) electrons. The highest BCUT2D eigenvalue weighted by molar-refractivity contribution is 7.89. The number of nitrogens with two attached hydrogens (primary N) is 2. The second kappa shape index (κ2) is 5.54. The van der Waals surface area contributed by atoms with Crippen LogP contribution in [0.3, 0.4) is 0 Å². The fourth-order valence-corrected chi connectivity index (χ4v) is 2.32. The first kappa shape index (κ1) is 15.0. The summed E-state index contributed by atoms with van der Waals surface area (Å²) in [7, 11) is -3.76. The van der Waals surface area contributed by atoms with Crippen LogP contribution >= 0.6 is 0 Å². The van der Waals surface area contributed by atoms with E-state index in [1.165, 1.54) is 35.1 Å². The van der Waals surface area contributed by atoms with Crippen LogP contribution in [0.5, 0.6) is 0 Å². The summed E-state index contributed by atoms with van der Waals surface area (Å²) in [5.41, 5.74) is 6.67. The van der Waals surface area contributed by atoms with Gasteiger partial charge in [0.2, 0.25) is 10.0 Å². The predicted octanol–water partition coefficient (Wildman–Crippen LogP) is 0.385. The molecule has 0 saturated heterocycles. The number of hydrogen-bond acceptors (Lipinski definition) is 5. The molecule has 0 aliphatic carbocycles. The van der Waals surface area contributed by atoms with Crippen molar-refractivity contribution in [2.24, 2.45) is 5.14 Å². The van der Waals surface area contributed by atoms with Crippen molar-refractivity contribution in [2.75, 3.05) is 11.1 Å². The number of nitrogen functional groups attached to an aromatic ring is 1. The van der Waals surface area contributed by atoms with Gasteiger partial charge >= 0.3 is 0 Å². The number of amides is 1. The Balaban J connectivity index is 2.22. The van der Waals surface area contributed by atoms with E-state index in [1.54, 1.807) is 0 Å². The molecule has 8 nitrogen and oxygen atoms in total. The Labute approximate surface area is 121 Å². The Morgan fingerprint density at radius 2 is 1.95 bits per heavy atom. The minimum Gasteiger partial charge on any atom is -0.396 e. The van der Waals surface area contributed by atoms with Crippen LogP contribution in [-0.4, -0.2) is 24.1 Å². The summed E-state index contributed by atoms with van der Waals surface area (Å²) in [6.07, 6.45) is 1.41. The van der Waals surface area contributed by atoms with Crippen LogP contribution in [0.15, 0.2) is 35.4 Å². The van der Waals surface area contributed by atoms with Crippen molar-refractivity contribution < 1.29 is 13.2 Å². The molecule has 0 atom stereocenters. The van der Waals surface area contributed by atoms with E-state index < -0.39 is 15.9 Å². The van der Waals surface area contributed by atoms with Gasteiger partial charge < -0.3 is 11.1 Å². The Morgan fingerprint density at radius 1 is 1.33 bits per heavy atom. The van der Waals surface area contributed by atoms with Crippen molar-refractivity contribution in [3.63, 3.8) is 0 Å². The summed E-state index contributed by atoms with van der Waals surface area (Å²) in [6, 6.07) is 5.51. The summed E-state index contributed by atoms with van der Waals surface area (Å²) in [4.78, 5) is 12.1. The van der Waals surface area contributed by atoms with E-state index in [0.29, 0.717) is 12.2 Å². The number of carbonyl (C=O) groups is 1. The highest BCUT2D eigenvalue weighted by atomic mass is 32.2. The van der Waals surface area contributed by atoms with Gasteiger partial charge in [-0.05, 0) is 31.2 Å². The smallest absolute Gasteiger partial charge is 0.276 e. The third kappa shape index (κ3) is 3.20. The first-order valence-corrected chi connectivity index (χ1v) is 7.63. The number of primary sulfonamides is 1. The molecule has 9 heteroatoms. The SMILES string of the molecule is CCn1ncc(N)c1C(=O)Nc1ccc(S(N)(=O)=O)cc1. The van der Waals surface area contributed by atoms with Gasteiger partial charge in [-0.1, -0.05) is 0 Å². The lowest BCUT2D eigenvalue weighted by molar-refractivity contribution is 0.101. The molecular weight excluding hydrogens is 294 g/mol. The van der Waals surface area contributed by atoms with E-state index in [2.05, 4.69) is 10.4 Å². The summed E-state index contributed by atoms with van der Waals surface area (Å²) in [5, 5.41) is 11.6. The van der Waals surface area contributed by atoms with Crippen molar-refractivity contribution in [3.05, 3.63) is 36.2 Å². The topological polar surface area (TPSA) is 133 Å². The number of nitrogens with one attached hydrogen (secondary N) is 1. The van der Waals surface area contributed by atoms with Crippen LogP contribution in [-0.2, 0) is 16.6 Å². The van der Waals surface area contributed by atoms with Crippen molar-refractivity contribution in [1.29, 1.82) is 0 Å². The van der Waals surface area contributed by atoms with Gasteiger partial charge in [0.1, 0.15) is 5.69 Å². The van der Waals surface area contributed by atoms with E-state index in [9.17, 15) is 13.2 Å². The lowest BCUT2D eigenvalue weighted by Crippen LogP contribution is -2.19. The van der Waals surface area contributed by atoms with E-state index >= 15 is 0 Å². The zero-order valence-electron chi connectivity index (χ0n) is 11.3. The van der Waals surface area contributed by atoms with Crippen LogP contribution in [0.2, 0.25) is 0 Å². The zero-order chi connectivity index (χ0) is 15.6. The molecule has 0 saturated carbocycles. The predicted molar refractivity (Wildman–Crippen MR) is 78.1 cm³/mol. The van der Waals surface area contributed by atoms with Crippen molar-refractivity contribution in [1.82, 2.24) is 9.78 Å². The van der Waals surface area contributed by atoms with Gasteiger partial charge in [-0.25, -0.2) is 13.6 Å². The number of benzene rings is 1. The van der Waals surface area contributed by atoms with Crippen LogP contribution < -0.4 is 16.2 Å². The van der Waals surface area contributed by atoms with Crippen LogP contribution in [0.25, 0.3) is 0 Å². The van der Waals surface area contributed by atoms with Crippen LogP contribution in [0, 0.1) is 0 Å². The van der Waals surface area contributed by atoms with Gasteiger partial charge in [0.05, 0.1) is 16.8 Å². The van der Waals surface area contributed by atoms with Gasteiger partial charge in [-0.2, -0.15) is 5.10 Å². The molecule has 0 unspecified atom stereocenters. The average molecular weight is 309 g/mol. The number of aromatic nitrogens is 2. The monoisotopic (exact) mass is 309 g/mol. The van der Waals surface area contributed by atoms with Gasteiger partial charge in [-0.3, -0.25) is 9.48 Å².